The summed E-state index contributed by atoms with van der Waals surface area (Å²) < 4.78 is 25.4. The molecule has 31 heavy (non-hydrogen) atoms. The van der Waals surface area contributed by atoms with Crippen molar-refractivity contribution >= 4 is 17.6 Å². The summed E-state index contributed by atoms with van der Waals surface area (Å²) in [5, 5.41) is 6.25. The van der Waals surface area contributed by atoms with Crippen LogP contribution in [0, 0.1) is 5.82 Å². The Hall–Kier alpha value is -3.04. The number of halogens is 1. The van der Waals surface area contributed by atoms with Crippen molar-refractivity contribution in [1.29, 1.82) is 0 Å². The molecule has 0 aromatic carbocycles. The largest absolute Gasteiger partial charge is 0.486 e. The zero-order chi connectivity index (χ0) is 21.8. The number of hydrogen-bond donors (Lipinski definition) is 2. The molecule has 0 saturated carbocycles. The maximum atomic E-state index is 14.1. The minimum Gasteiger partial charge on any atom is -0.486 e. The maximum Gasteiger partial charge on any atom is 0.410 e. The Morgan fingerprint density at radius 3 is 2.90 bits per heavy atom. The summed E-state index contributed by atoms with van der Waals surface area (Å²) in [4.78, 5) is 24.7. The standard InChI is InChI=1S/C21H29FN6O3/c1-14(2)31-21(29)27-9-5-15(6-10-27)28-8-3-11-30-18-19(24-13-25-20(18)28)26-17-4-7-23-12-16(17)22/h4,7,12,14-15,24H,3,5-6,8-11,13H2,1-2H3,(H,23,26). The minimum absolute atomic E-state index is 0.124. The molecule has 2 fully saturated rings. The van der Waals surface area contributed by atoms with E-state index in [1.54, 1.807) is 11.0 Å². The highest BCUT2D eigenvalue weighted by Crippen LogP contribution is 2.26. The molecular formula is C21H29FN6O3. The molecule has 168 valence electrons. The monoisotopic (exact) mass is 432 g/mol. The summed E-state index contributed by atoms with van der Waals surface area (Å²) in [5.74, 6) is 1.53. The lowest BCUT2D eigenvalue weighted by Crippen LogP contribution is -2.50. The molecule has 0 radical (unpaired) electrons. The number of anilines is 1. The summed E-state index contributed by atoms with van der Waals surface area (Å²) >= 11 is 0. The topological polar surface area (TPSA) is 91.3 Å². The van der Waals surface area contributed by atoms with Crippen molar-refractivity contribution in [2.45, 2.75) is 45.3 Å². The molecule has 0 spiro atoms. The number of rotatable bonds is 4. The summed E-state index contributed by atoms with van der Waals surface area (Å²) in [6, 6.07) is 1.83. The van der Waals surface area contributed by atoms with Gasteiger partial charge in [-0.2, -0.15) is 0 Å². The van der Waals surface area contributed by atoms with Gasteiger partial charge in [-0.1, -0.05) is 0 Å². The van der Waals surface area contributed by atoms with E-state index < -0.39 is 5.82 Å². The number of pyridine rings is 1. The highest BCUT2D eigenvalue weighted by atomic mass is 19.1. The number of carbonyl (C=O) groups excluding carboxylic acids is 1. The first-order valence-electron chi connectivity index (χ1n) is 10.8. The number of likely N-dealkylation sites (tertiary alicyclic amines) is 1. The van der Waals surface area contributed by atoms with Crippen LogP contribution in [-0.2, 0) is 9.47 Å². The first-order chi connectivity index (χ1) is 15.0. The van der Waals surface area contributed by atoms with Crippen LogP contribution in [0.3, 0.4) is 0 Å². The highest BCUT2D eigenvalue weighted by Gasteiger charge is 2.34. The fourth-order valence-electron chi connectivity index (χ4n) is 4.03. The van der Waals surface area contributed by atoms with Crippen molar-refractivity contribution in [3.05, 3.63) is 35.9 Å². The number of nitrogens with zero attached hydrogens (tertiary/aromatic N) is 4. The van der Waals surface area contributed by atoms with Gasteiger partial charge in [0, 0.05) is 31.9 Å². The van der Waals surface area contributed by atoms with Gasteiger partial charge in [-0.15, -0.1) is 0 Å². The third-order valence-electron chi connectivity index (χ3n) is 5.51. The van der Waals surface area contributed by atoms with Crippen LogP contribution in [0.4, 0.5) is 14.9 Å². The van der Waals surface area contributed by atoms with E-state index in [0.29, 0.717) is 43.6 Å². The van der Waals surface area contributed by atoms with Crippen LogP contribution in [-0.4, -0.2) is 71.8 Å². The average Bonchev–Trinajstić information content (AvgIpc) is 2.98. The molecular weight excluding hydrogens is 403 g/mol. The van der Waals surface area contributed by atoms with Gasteiger partial charge in [0.15, 0.2) is 17.5 Å². The first-order valence-corrected chi connectivity index (χ1v) is 10.8. The summed E-state index contributed by atoms with van der Waals surface area (Å²) in [6.07, 6.45) is 4.84. The molecule has 4 rings (SSSR count). The molecule has 0 aliphatic carbocycles. The lowest BCUT2D eigenvalue weighted by atomic mass is 10.0. The zero-order valence-corrected chi connectivity index (χ0v) is 17.9. The molecule has 0 bridgehead atoms. The molecule has 2 saturated heterocycles. The van der Waals surface area contributed by atoms with Gasteiger partial charge in [-0.05, 0) is 39.2 Å². The number of nitrogens with one attached hydrogen (secondary N) is 2. The quantitative estimate of drug-likeness (QED) is 0.755. The van der Waals surface area contributed by atoms with Crippen molar-refractivity contribution < 1.29 is 18.7 Å². The van der Waals surface area contributed by atoms with Gasteiger partial charge in [0.05, 0.1) is 24.6 Å². The van der Waals surface area contributed by atoms with Crippen LogP contribution in [0.5, 0.6) is 0 Å². The van der Waals surface area contributed by atoms with Crippen molar-refractivity contribution in [3.63, 3.8) is 0 Å². The van der Waals surface area contributed by atoms with E-state index in [9.17, 15) is 9.18 Å². The second-order valence-corrected chi connectivity index (χ2v) is 8.05. The average molecular weight is 433 g/mol. The van der Waals surface area contributed by atoms with Crippen molar-refractivity contribution in [2.75, 3.05) is 38.2 Å². The molecule has 9 nitrogen and oxygen atoms in total. The lowest BCUT2D eigenvalue weighted by molar-refractivity contribution is 0.0626. The van der Waals surface area contributed by atoms with E-state index in [-0.39, 0.29) is 18.2 Å². The summed E-state index contributed by atoms with van der Waals surface area (Å²) in [7, 11) is 0. The number of aromatic nitrogens is 1. The smallest absolute Gasteiger partial charge is 0.410 e. The van der Waals surface area contributed by atoms with E-state index in [1.807, 2.05) is 13.8 Å². The predicted molar refractivity (Wildman–Crippen MR) is 114 cm³/mol. The lowest BCUT2D eigenvalue weighted by Gasteiger charge is -2.40. The molecule has 1 aromatic heterocycles. The summed E-state index contributed by atoms with van der Waals surface area (Å²) in [6.45, 7) is 6.74. The maximum absolute atomic E-state index is 14.1. The van der Waals surface area contributed by atoms with Crippen molar-refractivity contribution in [2.24, 2.45) is 4.99 Å². The van der Waals surface area contributed by atoms with Crippen LogP contribution in [0.2, 0.25) is 0 Å². The van der Waals surface area contributed by atoms with Gasteiger partial charge in [0.1, 0.15) is 6.67 Å². The number of piperidine rings is 1. The van der Waals surface area contributed by atoms with Crippen LogP contribution < -0.4 is 10.6 Å². The molecule has 3 aliphatic rings. The second kappa shape index (κ2) is 9.40. The van der Waals surface area contributed by atoms with Crippen molar-refractivity contribution in [1.82, 2.24) is 20.1 Å². The molecule has 0 unspecified atom stereocenters. The van der Waals surface area contributed by atoms with Gasteiger partial charge in [0.25, 0.3) is 0 Å². The Labute approximate surface area is 181 Å². The van der Waals surface area contributed by atoms with E-state index in [1.165, 1.54) is 12.4 Å². The fraction of sp³-hybridized carbons (Fsp3) is 0.571. The Morgan fingerprint density at radius 1 is 1.35 bits per heavy atom. The molecule has 10 heteroatoms. The fourth-order valence-corrected chi connectivity index (χ4v) is 4.03. The predicted octanol–water partition coefficient (Wildman–Crippen LogP) is 2.49. The second-order valence-electron chi connectivity index (χ2n) is 8.05. The molecule has 1 amide bonds. The number of hydrogen-bond acceptors (Lipinski definition) is 8. The van der Waals surface area contributed by atoms with E-state index >= 15 is 0 Å². The van der Waals surface area contributed by atoms with Gasteiger partial charge in [-0.3, -0.25) is 4.98 Å². The number of aliphatic imine (C=N–C) groups is 1. The van der Waals surface area contributed by atoms with Crippen molar-refractivity contribution in [3.8, 4) is 0 Å². The normalized spacial score (nSPS) is 19.8. The van der Waals surface area contributed by atoms with Crippen LogP contribution in [0.1, 0.15) is 33.1 Å². The van der Waals surface area contributed by atoms with E-state index in [4.69, 9.17) is 9.47 Å². The Balaban J connectivity index is 1.49. The number of amides is 1. The molecule has 0 atom stereocenters. The number of amidine groups is 1. The minimum atomic E-state index is -0.437. The first kappa shape index (κ1) is 21.2. The Kier molecular flexibility index (Phi) is 6.43. The summed E-state index contributed by atoms with van der Waals surface area (Å²) in [5.41, 5.74) is 0.322. The van der Waals surface area contributed by atoms with Crippen LogP contribution >= 0.6 is 0 Å². The van der Waals surface area contributed by atoms with Gasteiger partial charge < -0.3 is 29.9 Å². The van der Waals surface area contributed by atoms with Crippen LogP contribution in [0.15, 0.2) is 35.0 Å². The molecule has 1 aromatic rings. The third-order valence-corrected chi connectivity index (χ3v) is 5.51. The molecule has 2 N–H and O–H groups in total. The third kappa shape index (κ3) is 4.83. The molecule has 3 aliphatic heterocycles. The number of carbonyl (C=O) groups is 1. The Bertz CT molecular complexity index is 866. The molecule has 4 heterocycles. The highest BCUT2D eigenvalue weighted by molar-refractivity contribution is 5.98. The Morgan fingerprint density at radius 2 is 2.16 bits per heavy atom. The number of ether oxygens (including phenoxy) is 2. The zero-order valence-electron chi connectivity index (χ0n) is 17.9. The van der Waals surface area contributed by atoms with Gasteiger partial charge in [0.2, 0.25) is 5.76 Å². The van der Waals surface area contributed by atoms with Crippen LogP contribution in [0.25, 0.3) is 0 Å². The van der Waals surface area contributed by atoms with E-state index in [2.05, 4.69) is 25.5 Å². The van der Waals surface area contributed by atoms with E-state index in [0.717, 1.165) is 31.6 Å². The van der Waals surface area contributed by atoms with Gasteiger partial charge >= 0.3 is 6.09 Å². The van der Waals surface area contributed by atoms with Gasteiger partial charge in [-0.25, -0.2) is 14.2 Å². The number of fused-ring (bicyclic) bond motifs is 1. The SMILES string of the molecule is CC(C)OC(=O)N1CCC(N2CCCOC3=C(Nc4ccncc4F)NCN=C32)CC1.